The van der Waals surface area contributed by atoms with E-state index < -0.39 is 0 Å². The first-order chi connectivity index (χ1) is 8.75. The van der Waals surface area contributed by atoms with Crippen LogP contribution in [0.15, 0.2) is 40.8 Å². The lowest BCUT2D eigenvalue weighted by Crippen LogP contribution is -1.86. The van der Waals surface area contributed by atoms with E-state index >= 15 is 0 Å². The van der Waals surface area contributed by atoms with Crippen LogP contribution in [-0.2, 0) is 0 Å². The lowest BCUT2D eigenvalue weighted by molar-refractivity contribution is 1.08. The summed E-state index contributed by atoms with van der Waals surface area (Å²) < 4.78 is 0. The summed E-state index contributed by atoms with van der Waals surface area (Å²) in [6, 6.07) is 5.49. The molecule has 0 aliphatic rings. The van der Waals surface area contributed by atoms with Gasteiger partial charge in [-0.3, -0.25) is 0 Å². The molecular weight excluding hydrogens is 291 g/mol. The van der Waals surface area contributed by atoms with Gasteiger partial charge in [0, 0.05) is 4.90 Å². The first-order valence-electron chi connectivity index (χ1n) is 5.01. The molecule has 0 spiro atoms. The zero-order valence-electron chi connectivity index (χ0n) is 8.89. The van der Waals surface area contributed by atoms with Crippen molar-refractivity contribution in [3.05, 3.63) is 40.9 Å². The Morgan fingerprint density at radius 1 is 1.11 bits per heavy atom. The van der Waals surface area contributed by atoms with Gasteiger partial charge in [0.15, 0.2) is 5.65 Å². The number of rotatable bonds is 2. The molecule has 0 aliphatic carbocycles. The van der Waals surface area contributed by atoms with Crippen molar-refractivity contribution in [3.8, 4) is 0 Å². The predicted octanol–water partition coefficient (Wildman–Crippen LogP) is 3.81. The summed E-state index contributed by atoms with van der Waals surface area (Å²) in [6.07, 6.45) is 3.06. The summed E-state index contributed by atoms with van der Waals surface area (Å²) in [5.74, 6) is 0. The van der Waals surface area contributed by atoms with Crippen molar-refractivity contribution in [1.29, 1.82) is 0 Å². The summed E-state index contributed by atoms with van der Waals surface area (Å²) in [6.45, 7) is 0. The van der Waals surface area contributed by atoms with Gasteiger partial charge in [-0.15, -0.1) is 0 Å². The molecular formula is C11H6Cl2N4S. The minimum atomic E-state index is 0.524. The monoisotopic (exact) mass is 296 g/mol. The normalized spacial score (nSPS) is 11.0. The van der Waals surface area contributed by atoms with Crippen LogP contribution in [-0.4, -0.2) is 19.9 Å². The molecule has 90 valence electrons. The molecule has 4 nitrogen and oxygen atoms in total. The van der Waals surface area contributed by atoms with Gasteiger partial charge in [-0.1, -0.05) is 41.0 Å². The van der Waals surface area contributed by atoms with Gasteiger partial charge in [-0.05, 0) is 12.1 Å². The molecule has 1 aromatic carbocycles. The van der Waals surface area contributed by atoms with Crippen molar-refractivity contribution in [2.45, 2.75) is 9.92 Å². The third kappa shape index (κ3) is 2.05. The van der Waals surface area contributed by atoms with Crippen molar-refractivity contribution >= 4 is 46.1 Å². The predicted molar refractivity (Wildman–Crippen MR) is 72.3 cm³/mol. The van der Waals surface area contributed by atoms with Crippen LogP contribution >= 0.6 is 35.0 Å². The molecule has 0 aliphatic heterocycles. The Labute approximate surface area is 117 Å². The van der Waals surface area contributed by atoms with E-state index in [2.05, 4.69) is 19.9 Å². The van der Waals surface area contributed by atoms with Gasteiger partial charge >= 0.3 is 0 Å². The summed E-state index contributed by atoms with van der Waals surface area (Å²) in [7, 11) is 0. The Kier molecular flexibility index (Phi) is 3.11. The smallest absolute Gasteiger partial charge is 0.181 e. The van der Waals surface area contributed by atoms with Crippen molar-refractivity contribution in [2.24, 2.45) is 0 Å². The van der Waals surface area contributed by atoms with Crippen LogP contribution in [0.4, 0.5) is 0 Å². The zero-order chi connectivity index (χ0) is 12.5. The fourth-order valence-electron chi connectivity index (χ4n) is 1.49. The highest BCUT2D eigenvalue weighted by atomic mass is 35.5. The van der Waals surface area contributed by atoms with E-state index in [1.165, 1.54) is 18.1 Å². The van der Waals surface area contributed by atoms with E-state index in [9.17, 15) is 0 Å². The fraction of sp³-hybridized carbons (Fsp3) is 0. The van der Waals surface area contributed by atoms with Gasteiger partial charge in [0.25, 0.3) is 0 Å². The Balaban J connectivity index is 2.06. The zero-order valence-corrected chi connectivity index (χ0v) is 11.2. The fourth-order valence-corrected chi connectivity index (χ4v) is 2.87. The van der Waals surface area contributed by atoms with E-state index in [4.69, 9.17) is 23.2 Å². The van der Waals surface area contributed by atoms with Crippen molar-refractivity contribution < 1.29 is 0 Å². The molecule has 0 fully saturated rings. The topological polar surface area (TPSA) is 54.5 Å². The molecule has 2 heterocycles. The molecule has 0 amide bonds. The van der Waals surface area contributed by atoms with Crippen molar-refractivity contribution in [1.82, 2.24) is 19.9 Å². The number of aromatic nitrogens is 4. The molecule has 7 heteroatoms. The Hall–Kier alpha value is -1.30. The molecule has 3 rings (SSSR count). The van der Waals surface area contributed by atoms with Gasteiger partial charge < -0.3 is 4.98 Å². The molecule has 0 atom stereocenters. The minimum absolute atomic E-state index is 0.524. The number of fused-ring (bicyclic) bond motifs is 1. The van der Waals surface area contributed by atoms with Crippen LogP contribution in [0, 0.1) is 0 Å². The third-order valence-electron chi connectivity index (χ3n) is 2.31. The maximum absolute atomic E-state index is 6.15. The van der Waals surface area contributed by atoms with E-state index in [-0.39, 0.29) is 0 Å². The molecule has 1 N–H and O–H groups in total. The highest BCUT2D eigenvalue weighted by Crippen LogP contribution is 2.37. The Bertz CT molecular complexity index is 713. The van der Waals surface area contributed by atoms with Crippen LogP contribution in [0.1, 0.15) is 0 Å². The lowest BCUT2D eigenvalue weighted by Gasteiger charge is -2.04. The van der Waals surface area contributed by atoms with Crippen LogP contribution in [0.3, 0.4) is 0 Å². The molecule has 0 saturated heterocycles. The van der Waals surface area contributed by atoms with Gasteiger partial charge in [0.1, 0.15) is 16.9 Å². The molecule has 2 aromatic heterocycles. The van der Waals surface area contributed by atoms with Gasteiger partial charge in [0.05, 0.1) is 16.4 Å². The molecule has 0 saturated carbocycles. The second-order valence-corrected chi connectivity index (χ2v) is 5.25. The average Bonchev–Trinajstić information content (AvgIpc) is 2.84. The van der Waals surface area contributed by atoms with Crippen molar-refractivity contribution in [2.75, 3.05) is 0 Å². The largest absolute Gasteiger partial charge is 0.341 e. The second kappa shape index (κ2) is 4.76. The third-order valence-corrected chi connectivity index (χ3v) is 4.30. The quantitative estimate of drug-likeness (QED) is 0.731. The Morgan fingerprint density at radius 3 is 2.89 bits per heavy atom. The van der Waals surface area contributed by atoms with Gasteiger partial charge in [-0.25, -0.2) is 15.0 Å². The van der Waals surface area contributed by atoms with E-state index in [1.807, 2.05) is 12.1 Å². The summed E-state index contributed by atoms with van der Waals surface area (Å²) in [5, 5.41) is 1.81. The van der Waals surface area contributed by atoms with Crippen LogP contribution in [0.2, 0.25) is 10.0 Å². The van der Waals surface area contributed by atoms with Crippen LogP contribution in [0.5, 0.6) is 0 Å². The number of H-pyrrole nitrogens is 1. The number of nitrogens with zero attached hydrogens (tertiary/aromatic N) is 3. The summed E-state index contributed by atoms with van der Waals surface area (Å²) in [4.78, 5) is 16.2. The number of benzene rings is 1. The standard InChI is InChI=1S/C11H6Cl2N4S/c12-6-2-1-3-7(8(6)13)18-11-9-10(15-4-14-9)16-5-17-11/h1-5H,(H,14,15,16,17). The number of imidazole rings is 1. The maximum atomic E-state index is 6.15. The average molecular weight is 297 g/mol. The lowest BCUT2D eigenvalue weighted by atomic mass is 10.4. The van der Waals surface area contributed by atoms with E-state index in [0.29, 0.717) is 15.7 Å². The van der Waals surface area contributed by atoms with E-state index in [0.717, 1.165) is 15.4 Å². The summed E-state index contributed by atoms with van der Waals surface area (Å²) >= 11 is 13.5. The first kappa shape index (κ1) is 11.8. The first-order valence-corrected chi connectivity index (χ1v) is 6.59. The Morgan fingerprint density at radius 2 is 2.00 bits per heavy atom. The molecule has 18 heavy (non-hydrogen) atoms. The number of nitrogens with one attached hydrogen (secondary N) is 1. The minimum Gasteiger partial charge on any atom is -0.341 e. The summed E-state index contributed by atoms with van der Waals surface area (Å²) in [5.41, 5.74) is 1.42. The molecule has 0 radical (unpaired) electrons. The van der Waals surface area contributed by atoms with Crippen molar-refractivity contribution in [3.63, 3.8) is 0 Å². The highest BCUT2D eigenvalue weighted by Gasteiger charge is 2.11. The molecule has 3 aromatic rings. The maximum Gasteiger partial charge on any atom is 0.181 e. The van der Waals surface area contributed by atoms with Gasteiger partial charge in [-0.2, -0.15) is 0 Å². The van der Waals surface area contributed by atoms with Crippen LogP contribution in [0.25, 0.3) is 11.2 Å². The number of hydrogen-bond donors (Lipinski definition) is 1. The number of hydrogen-bond acceptors (Lipinski definition) is 4. The number of aromatic amines is 1. The highest BCUT2D eigenvalue weighted by molar-refractivity contribution is 7.99. The van der Waals surface area contributed by atoms with Crippen LogP contribution < -0.4 is 0 Å². The molecule has 0 unspecified atom stereocenters. The second-order valence-electron chi connectivity index (χ2n) is 3.43. The number of halogens is 2. The van der Waals surface area contributed by atoms with Gasteiger partial charge in [0.2, 0.25) is 0 Å². The SMILES string of the molecule is Clc1cccc(Sc2ncnc3nc[nH]c23)c1Cl. The molecule has 0 bridgehead atoms. The van der Waals surface area contributed by atoms with E-state index in [1.54, 1.807) is 12.4 Å².